The zero-order valence-corrected chi connectivity index (χ0v) is 19.2. The van der Waals surface area contributed by atoms with Gasteiger partial charge in [0.05, 0.1) is 12.6 Å². The van der Waals surface area contributed by atoms with Crippen molar-refractivity contribution >= 4 is 23.3 Å². The standard InChI is InChI=1S/C24H25ClN6O2/c1-14-11-17(25)6-10-20(14)33-19-8-4-16(5-9-19)22-21(24(28)32)23(27)31(29-22)18-7-3-15(2)30(12-18)13-26/h4-6,8-11,15,18H,3,7,12,27H2,1-2H3,(H2,28,32). The Bertz CT molecular complexity index is 1230. The van der Waals surface area contributed by atoms with Gasteiger partial charge in [0, 0.05) is 16.6 Å². The predicted octanol–water partition coefficient (Wildman–Crippen LogP) is 4.49. The zero-order valence-electron chi connectivity index (χ0n) is 18.5. The van der Waals surface area contributed by atoms with E-state index in [1.54, 1.807) is 27.8 Å². The molecule has 8 nitrogen and oxygen atoms in total. The molecule has 2 aromatic carbocycles. The van der Waals surface area contributed by atoms with Gasteiger partial charge in [-0.2, -0.15) is 10.4 Å². The van der Waals surface area contributed by atoms with Gasteiger partial charge >= 0.3 is 0 Å². The monoisotopic (exact) mass is 464 g/mol. The van der Waals surface area contributed by atoms with Gasteiger partial charge in [-0.1, -0.05) is 11.6 Å². The number of nitrogens with zero attached hydrogens (tertiary/aromatic N) is 4. The molecular weight excluding hydrogens is 440 g/mol. The molecule has 3 aromatic rings. The maximum absolute atomic E-state index is 12.2. The topological polar surface area (TPSA) is 123 Å². The summed E-state index contributed by atoms with van der Waals surface area (Å²) in [6.45, 7) is 4.42. The summed E-state index contributed by atoms with van der Waals surface area (Å²) < 4.78 is 7.59. The van der Waals surface area contributed by atoms with Crippen molar-refractivity contribution in [2.75, 3.05) is 12.3 Å². The molecule has 0 spiro atoms. The van der Waals surface area contributed by atoms with Crippen molar-refractivity contribution in [2.24, 2.45) is 5.73 Å². The summed E-state index contributed by atoms with van der Waals surface area (Å²) >= 11 is 6.01. The van der Waals surface area contributed by atoms with Crippen LogP contribution in [0.15, 0.2) is 42.5 Å². The molecule has 2 atom stereocenters. The van der Waals surface area contributed by atoms with Gasteiger partial charge in [0.15, 0.2) is 6.19 Å². The average molecular weight is 465 g/mol. The van der Waals surface area contributed by atoms with E-state index in [0.717, 1.165) is 18.4 Å². The second kappa shape index (κ2) is 9.04. The first-order valence-electron chi connectivity index (χ1n) is 10.7. The normalized spacial score (nSPS) is 18.1. The quantitative estimate of drug-likeness (QED) is 0.536. The summed E-state index contributed by atoms with van der Waals surface area (Å²) in [5.74, 6) is 0.898. The van der Waals surface area contributed by atoms with Gasteiger partial charge in [-0.15, -0.1) is 0 Å². The first-order valence-corrected chi connectivity index (χ1v) is 11.0. The summed E-state index contributed by atoms with van der Waals surface area (Å²) in [6, 6.07) is 12.7. The highest BCUT2D eigenvalue weighted by Crippen LogP contribution is 2.34. The van der Waals surface area contributed by atoms with Crippen molar-refractivity contribution in [3.8, 4) is 28.9 Å². The van der Waals surface area contributed by atoms with Crippen molar-refractivity contribution in [1.82, 2.24) is 14.7 Å². The Kier molecular flexibility index (Phi) is 6.16. The SMILES string of the molecule is Cc1cc(Cl)ccc1Oc1ccc(-c2nn(C3CCC(C)N(C#N)C3)c(N)c2C(N)=O)cc1. The van der Waals surface area contributed by atoms with Crippen LogP contribution in [-0.2, 0) is 0 Å². The molecule has 9 heteroatoms. The number of amides is 1. The van der Waals surface area contributed by atoms with Crippen LogP contribution in [0.25, 0.3) is 11.3 Å². The maximum atomic E-state index is 12.2. The highest BCUT2D eigenvalue weighted by Gasteiger charge is 2.30. The molecule has 170 valence electrons. The number of primary amides is 1. The lowest BCUT2D eigenvalue weighted by atomic mass is 10.00. The smallest absolute Gasteiger partial charge is 0.254 e. The second-order valence-electron chi connectivity index (χ2n) is 8.29. The molecule has 0 saturated carbocycles. The van der Waals surface area contributed by atoms with Crippen LogP contribution in [0.3, 0.4) is 0 Å². The van der Waals surface area contributed by atoms with E-state index in [-0.39, 0.29) is 23.5 Å². The Hall–Kier alpha value is -3.70. The fourth-order valence-corrected chi connectivity index (χ4v) is 4.36. The van der Waals surface area contributed by atoms with Crippen molar-refractivity contribution in [3.63, 3.8) is 0 Å². The van der Waals surface area contributed by atoms with Crippen LogP contribution >= 0.6 is 11.6 Å². The number of aryl methyl sites for hydroxylation is 1. The van der Waals surface area contributed by atoms with Crippen LogP contribution in [0.1, 0.15) is 41.7 Å². The molecule has 4 rings (SSSR count). The molecule has 2 unspecified atom stereocenters. The second-order valence-corrected chi connectivity index (χ2v) is 8.72. The summed E-state index contributed by atoms with van der Waals surface area (Å²) in [4.78, 5) is 14.0. The van der Waals surface area contributed by atoms with Crippen LogP contribution in [0.4, 0.5) is 5.82 Å². The number of likely N-dealkylation sites (tertiary alicyclic amines) is 1. The van der Waals surface area contributed by atoms with Crippen LogP contribution in [0, 0.1) is 18.4 Å². The van der Waals surface area contributed by atoms with Crippen molar-refractivity contribution in [1.29, 1.82) is 5.26 Å². The number of carbonyl (C=O) groups excluding carboxylic acids is 1. The van der Waals surface area contributed by atoms with Crippen LogP contribution in [-0.4, -0.2) is 33.2 Å². The molecule has 0 bridgehead atoms. The van der Waals surface area contributed by atoms with Crippen LogP contribution in [0.5, 0.6) is 11.5 Å². The molecule has 1 aromatic heterocycles. The van der Waals surface area contributed by atoms with Crippen molar-refractivity contribution in [3.05, 3.63) is 58.6 Å². The fourth-order valence-electron chi connectivity index (χ4n) is 4.13. The van der Waals surface area contributed by atoms with E-state index in [2.05, 4.69) is 11.3 Å². The first-order chi connectivity index (χ1) is 15.8. The Balaban J connectivity index is 1.64. The minimum absolute atomic E-state index is 0.122. The van der Waals surface area contributed by atoms with Crippen LogP contribution in [0.2, 0.25) is 5.02 Å². The fraction of sp³-hybridized carbons (Fsp3) is 0.292. The molecule has 33 heavy (non-hydrogen) atoms. The van der Waals surface area contributed by atoms with E-state index in [9.17, 15) is 10.1 Å². The largest absolute Gasteiger partial charge is 0.457 e. The molecule has 1 aliphatic heterocycles. The lowest BCUT2D eigenvalue weighted by Gasteiger charge is -2.34. The third-order valence-electron chi connectivity index (χ3n) is 6.02. The number of ether oxygens (including phenoxy) is 1. The van der Waals surface area contributed by atoms with Crippen molar-refractivity contribution in [2.45, 2.75) is 38.8 Å². The number of carbonyl (C=O) groups is 1. The van der Waals surface area contributed by atoms with Gasteiger partial charge in [0.2, 0.25) is 0 Å². The first kappa shape index (κ1) is 22.5. The van der Waals surface area contributed by atoms with E-state index >= 15 is 0 Å². The Morgan fingerprint density at radius 3 is 2.61 bits per heavy atom. The third-order valence-corrected chi connectivity index (χ3v) is 6.25. The number of halogens is 1. The van der Waals surface area contributed by atoms with E-state index < -0.39 is 5.91 Å². The number of nitrogen functional groups attached to an aromatic ring is 1. The summed E-state index contributed by atoms with van der Waals surface area (Å²) in [7, 11) is 0. The molecule has 0 radical (unpaired) electrons. The van der Waals surface area contributed by atoms with Gasteiger partial charge in [0.1, 0.15) is 28.6 Å². The number of nitriles is 1. The minimum Gasteiger partial charge on any atom is -0.457 e. The molecule has 1 aliphatic rings. The molecule has 4 N–H and O–H groups in total. The van der Waals surface area contributed by atoms with Gasteiger partial charge in [-0.25, -0.2) is 4.68 Å². The number of hydrogen-bond acceptors (Lipinski definition) is 6. The van der Waals surface area contributed by atoms with Gasteiger partial charge < -0.3 is 21.1 Å². The lowest BCUT2D eigenvalue weighted by Crippen LogP contribution is -2.39. The van der Waals surface area contributed by atoms with Gasteiger partial charge in [0.25, 0.3) is 5.91 Å². The van der Waals surface area contributed by atoms with E-state index in [0.29, 0.717) is 34.3 Å². The Morgan fingerprint density at radius 1 is 1.24 bits per heavy atom. The lowest BCUT2D eigenvalue weighted by molar-refractivity contribution is 0.100. The number of aromatic nitrogens is 2. The molecule has 1 saturated heterocycles. The number of nitrogens with two attached hydrogens (primary N) is 2. The number of benzene rings is 2. The van der Waals surface area contributed by atoms with E-state index in [4.69, 9.17) is 27.8 Å². The van der Waals surface area contributed by atoms with E-state index in [1.807, 2.05) is 38.1 Å². The summed E-state index contributed by atoms with van der Waals surface area (Å²) in [5, 5.41) is 14.7. The number of rotatable bonds is 5. The predicted molar refractivity (Wildman–Crippen MR) is 127 cm³/mol. The van der Waals surface area contributed by atoms with Crippen molar-refractivity contribution < 1.29 is 9.53 Å². The summed E-state index contributed by atoms with van der Waals surface area (Å²) in [6.07, 6.45) is 3.85. The Labute approximate surface area is 197 Å². The molecule has 2 heterocycles. The zero-order chi connectivity index (χ0) is 23.7. The third kappa shape index (κ3) is 4.45. The maximum Gasteiger partial charge on any atom is 0.254 e. The number of piperidine rings is 1. The summed E-state index contributed by atoms with van der Waals surface area (Å²) in [5.41, 5.74) is 14.2. The highest BCUT2D eigenvalue weighted by molar-refractivity contribution is 6.30. The van der Waals surface area contributed by atoms with Crippen LogP contribution < -0.4 is 16.2 Å². The molecule has 0 aliphatic carbocycles. The minimum atomic E-state index is -0.646. The molecular formula is C24H25ClN6O2. The van der Waals surface area contributed by atoms with E-state index in [1.165, 1.54) is 0 Å². The Morgan fingerprint density at radius 2 is 1.97 bits per heavy atom. The molecule has 1 fully saturated rings. The highest BCUT2D eigenvalue weighted by atomic mass is 35.5. The number of anilines is 1. The van der Waals surface area contributed by atoms with Gasteiger partial charge in [-0.3, -0.25) is 4.79 Å². The van der Waals surface area contributed by atoms with Gasteiger partial charge in [-0.05, 0) is 74.7 Å². The number of hydrogen-bond donors (Lipinski definition) is 2. The molecule has 1 amide bonds. The average Bonchev–Trinajstić information content (AvgIpc) is 3.14.